The van der Waals surface area contributed by atoms with Crippen molar-refractivity contribution in [2.24, 2.45) is 0 Å². The fourth-order valence-electron chi connectivity index (χ4n) is 1.31. The molecule has 0 aliphatic carbocycles. The van der Waals surface area contributed by atoms with Crippen LogP contribution in [0.25, 0.3) is 0 Å². The maximum absolute atomic E-state index is 11.6. The molecular formula is C13H9Br2NO2. The zero-order valence-electron chi connectivity index (χ0n) is 9.19. The topological polar surface area (TPSA) is 42.2 Å². The third kappa shape index (κ3) is 3.34. The molecule has 92 valence electrons. The van der Waals surface area contributed by atoms with Gasteiger partial charge in [-0.2, -0.15) is 0 Å². The average Bonchev–Trinajstić information content (AvgIpc) is 2.85. The number of halogens is 2. The molecule has 2 aromatic rings. The molecule has 0 amide bonds. The Bertz CT molecular complexity index is 577. The first-order valence-electron chi connectivity index (χ1n) is 5.13. The molecule has 1 heterocycles. The van der Waals surface area contributed by atoms with Crippen LogP contribution < -0.4 is 5.32 Å². The molecule has 0 saturated heterocycles. The smallest absolute Gasteiger partial charge is 0.222 e. The van der Waals surface area contributed by atoms with Gasteiger partial charge in [-0.3, -0.25) is 4.79 Å². The molecule has 0 saturated carbocycles. The number of hydrogen-bond acceptors (Lipinski definition) is 3. The number of carbonyl (C=O) groups is 1. The van der Waals surface area contributed by atoms with Crippen molar-refractivity contribution in [1.82, 2.24) is 0 Å². The van der Waals surface area contributed by atoms with Gasteiger partial charge in [0.05, 0.1) is 12.0 Å². The third-order valence-electron chi connectivity index (χ3n) is 2.17. The summed E-state index contributed by atoms with van der Waals surface area (Å²) in [6.07, 6.45) is 4.48. The Morgan fingerprint density at radius 1 is 1.28 bits per heavy atom. The van der Waals surface area contributed by atoms with Gasteiger partial charge in [-0.25, -0.2) is 0 Å². The van der Waals surface area contributed by atoms with Crippen molar-refractivity contribution in [3.63, 3.8) is 0 Å². The van der Waals surface area contributed by atoms with Crippen LogP contribution >= 0.6 is 31.9 Å². The predicted octanol–water partition coefficient (Wildman–Crippen LogP) is 4.61. The summed E-state index contributed by atoms with van der Waals surface area (Å²) in [5.74, 6) is 0.142. The largest absolute Gasteiger partial charge is 0.461 e. The molecule has 1 N–H and O–H groups in total. The first-order chi connectivity index (χ1) is 8.66. The van der Waals surface area contributed by atoms with Crippen molar-refractivity contribution in [2.75, 3.05) is 5.32 Å². The van der Waals surface area contributed by atoms with E-state index >= 15 is 0 Å². The van der Waals surface area contributed by atoms with Gasteiger partial charge in [0.2, 0.25) is 5.78 Å². The average molecular weight is 371 g/mol. The second-order valence-corrected chi connectivity index (χ2v) is 5.21. The summed E-state index contributed by atoms with van der Waals surface area (Å²) in [6, 6.07) is 9.04. The Labute approximate surface area is 121 Å². The third-order valence-corrected chi connectivity index (χ3v) is 3.32. The summed E-state index contributed by atoms with van der Waals surface area (Å²) in [6.45, 7) is 0. The number of carbonyl (C=O) groups excluding carboxylic acids is 1. The zero-order chi connectivity index (χ0) is 13.0. The molecule has 5 heteroatoms. The molecule has 3 nitrogen and oxygen atoms in total. The van der Waals surface area contributed by atoms with Crippen molar-refractivity contribution in [2.45, 2.75) is 0 Å². The highest BCUT2D eigenvalue weighted by molar-refractivity contribution is 9.11. The second kappa shape index (κ2) is 6.02. The summed E-state index contributed by atoms with van der Waals surface area (Å²) < 4.78 is 6.88. The van der Waals surface area contributed by atoms with Crippen LogP contribution in [-0.4, -0.2) is 5.78 Å². The first-order valence-corrected chi connectivity index (χ1v) is 6.71. The Hall–Kier alpha value is -1.33. The summed E-state index contributed by atoms with van der Waals surface area (Å²) in [4.78, 5) is 11.6. The van der Waals surface area contributed by atoms with E-state index in [1.807, 2.05) is 18.2 Å². The van der Waals surface area contributed by atoms with Gasteiger partial charge in [0.1, 0.15) is 0 Å². The molecule has 0 spiro atoms. The van der Waals surface area contributed by atoms with Gasteiger partial charge in [-0.05, 0) is 46.3 Å². The van der Waals surface area contributed by atoms with Crippen LogP contribution in [-0.2, 0) is 0 Å². The number of furan rings is 1. The molecule has 0 atom stereocenters. The minimum atomic E-state index is -0.180. The quantitative estimate of drug-likeness (QED) is 0.631. The lowest BCUT2D eigenvalue weighted by Crippen LogP contribution is -1.94. The van der Waals surface area contributed by atoms with E-state index in [4.69, 9.17) is 4.42 Å². The maximum Gasteiger partial charge on any atom is 0.222 e. The van der Waals surface area contributed by atoms with Crippen molar-refractivity contribution in [3.8, 4) is 0 Å². The van der Waals surface area contributed by atoms with E-state index in [9.17, 15) is 4.79 Å². The van der Waals surface area contributed by atoms with Gasteiger partial charge in [0.25, 0.3) is 0 Å². The predicted molar refractivity (Wildman–Crippen MR) is 77.6 cm³/mol. The van der Waals surface area contributed by atoms with Gasteiger partial charge in [-0.15, -0.1) is 0 Å². The highest BCUT2D eigenvalue weighted by Crippen LogP contribution is 2.26. The van der Waals surface area contributed by atoms with Crippen LogP contribution in [0.2, 0.25) is 0 Å². The molecular weight excluding hydrogens is 362 g/mol. The molecule has 0 fully saturated rings. The van der Waals surface area contributed by atoms with E-state index in [2.05, 4.69) is 37.2 Å². The highest BCUT2D eigenvalue weighted by atomic mass is 79.9. The number of nitrogens with one attached hydrogen (secondary N) is 1. The summed E-state index contributed by atoms with van der Waals surface area (Å²) in [5.41, 5.74) is 0.877. The van der Waals surface area contributed by atoms with Gasteiger partial charge in [0, 0.05) is 21.2 Å². The van der Waals surface area contributed by atoms with Gasteiger partial charge in [-0.1, -0.05) is 15.9 Å². The molecule has 0 aliphatic heterocycles. The number of benzene rings is 1. The SMILES string of the molecule is O=C(/C=C/Nc1ccc(Br)cc1Br)c1ccco1. The Kier molecular flexibility index (Phi) is 4.38. The van der Waals surface area contributed by atoms with Crippen LogP contribution in [0.15, 0.2) is 62.2 Å². The van der Waals surface area contributed by atoms with Crippen LogP contribution in [0, 0.1) is 0 Å². The van der Waals surface area contributed by atoms with E-state index in [0.717, 1.165) is 14.6 Å². The second-order valence-electron chi connectivity index (χ2n) is 3.44. The number of allylic oxidation sites excluding steroid dienone is 1. The van der Waals surface area contributed by atoms with Crippen LogP contribution in [0.5, 0.6) is 0 Å². The summed E-state index contributed by atoms with van der Waals surface area (Å²) >= 11 is 6.79. The van der Waals surface area contributed by atoms with Crippen molar-refractivity contribution in [3.05, 3.63) is 63.6 Å². The minimum absolute atomic E-state index is 0.180. The van der Waals surface area contributed by atoms with Crippen LogP contribution in [0.1, 0.15) is 10.6 Å². The van der Waals surface area contributed by atoms with Crippen LogP contribution in [0.3, 0.4) is 0 Å². The molecule has 1 aromatic carbocycles. The van der Waals surface area contributed by atoms with Crippen molar-refractivity contribution in [1.29, 1.82) is 0 Å². The molecule has 1 aromatic heterocycles. The molecule has 0 bridgehead atoms. The number of anilines is 1. The van der Waals surface area contributed by atoms with E-state index in [0.29, 0.717) is 5.76 Å². The standard InChI is InChI=1S/C13H9Br2NO2/c14-9-3-4-11(10(15)8-9)16-6-5-12(17)13-2-1-7-18-13/h1-8,16H/b6-5+. The lowest BCUT2D eigenvalue weighted by atomic mass is 10.3. The Balaban J connectivity index is 2.01. The van der Waals surface area contributed by atoms with E-state index in [1.165, 1.54) is 12.3 Å². The van der Waals surface area contributed by atoms with Gasteiger partial charge >= 0.3 is 0 Å². The summed E-state index contributed by atoms with van der Waals surface area (Å²) in [5, 5.41) is 3.02. The van der Waals surface area contributed by atoms with E-state index in [-0.39, 0.29) is 5.78 Å². The molecule has 0 radical (unpaired) electrons. The number of rotatable bonds is 4. The monoisotopic (exact) mass is 369 g/mol. The number of ketones is 1. The van der Waals surface area contributed by atoms with E-state index in [1.54, 1.807) is 18.3 Å². The molecule has 0 unspecified atom stereocenters. The highest BCUT2D eigenvalue weighted by Gasteiger charge is 2.03. The molecule has 0 aliphatic rings. The molecule has 18 heavy (non-hydrogen) atoms. The van der Waals surface area contributed by atoms with Crippen molar-refractivity contribution < 1.29 is 9.21 Å². The Morgan fingerprint density at radius 2 is 2.11 bits per heavy atom. The van der Waals surface area contributed by atoms with Gasteiger partial charge in [0.15, 0.2) is 5.76 Å². The lowest BCUT2D eigenvalue weighted by molar-refractivity contribution is 0.102. The fraction of sp³-hybridized carbons (Fsp3) is 0. The molecule has 2 rings (SSSR count). The number of hydrogen-bond donors (Lipinski definition) is 1. The zero-order valence-corrected chi connectivity index (χ0v) is 12.4. The van der Waals surface area contributed by atoms with Crippen molar-refractivity contribution >= 4 is 43.3 Å². The van der Waals surface area contributed by atoms with Crippen LogP contribution in [0.4, 0.5) is 5.69 Å². The Morgan fingerprint density at radius 3 is 2.78 bits per heavy atom. The minimum Gasteiger partial charge on any atom is -0.461 e. The summed E-state index contributed by atoms with van der Waals surface area (Å²) in [7, 11) is 0. The fourth-order valence-corrected chi connectivity index (χ4v) is 2.48. The maximum atomic E-state index is 11.6. The van der Waals surface area contributed by atoms with E-state index < -0.39 is 0 Å². The lowest BCUT2D eigenvalue weighted by Gasteiger charge is -2.03. The normalized spacial score (nSPS) is 10.8. The first kappa shape index (κ1) is 13.1. The van der Waals surface area contributed by atoms with Gasteiger partial charge < -0.3 is 9.73 Å².